The molecule has 3 heteroatoms. The zero-order valence-electron chi connectivity index (χ0n) is 7.88. The number of hydrogen-bond acceptors (Lipinski definition) is 2. The molecular formula is C12H7N3. The van der Waals surface area contributed by atoms with Gasteiger partial charge in [-0.2, -0.15) is 5.26 Å². The number of rotatable bonds is 0. The summed E-state index contributed by atoms with van der Waals surface area (Å²) in [5, 5.41) is 11.0. The van der Waals surface area contributed by atoms with Crippen molar-refractivity contribution in [1.29, 1.82) is 5.26 Å². The Labute approximate surface area is 86.2 Å². The number of benzene rings is 1. The minimum absolute atomic E-state index is 0.665. The average molecular weight is 193 g/mol. The molecule has 0 spiro atoms. The second-order valence-corrected chi connectivity index (χ2v) is 3.39. The highest BCUT2D eigenvalue weighted by molar-refractivity contribution is 5.94. The summed E-state index contributed by atoms with van der Waals surface area (Å²) in [6.45, 7) is 0. The average Bonchev–Trinajstić information content (AvgIpc) is 2.76. The van der Waals surface area contributed by atoms with Gasteiger partial charge in [-0.25, -0.2) is 4.98 Å². The lowest BCUT2D eigenvalue weighted by molar-refractivity contribution is 1.20. The lowest BCUT2D eigenvalue weighted by Crippen LogP contribution is -1.85. The number of nitrogens with zero attached hydrogens (tertiary/aromatic N) is 3. The zero-order chi connectivity index (χ0) is 10.3. The maximum Gasteiger partial charge on any atom is 0.144 e. The van der Waals surface area contributed by atoms with Crippen molar-refractivity contribution in [2.45, 2.75) is 0 Å². The fourth-order valence-electron chi connectivity index (χ4n) is 1.77. The molecule has 0 radical (unpaired) electrons. The highest BCUT2D eigenvalue weighted by Crippen LogP contribution is 2.19. The number of imidazole rings is 1. The van der Waals surface area contributed by atoms with Gasteiger partial charge in [0, 0.05) is 24.0 Å². The third-order valence-corrected chi connectivity index (χ3v) is 2.51. The van der Waals surface area contributed by atoms with E-state index in [9.17, 15) is 0 Å². The summed E-state index contributed by atoms with van der Waals surface area (Å²) in [5.41, 5.74) is 1.56. The van der Waals surface area contributed by atoms with Gasteiger partial charge in [-0.15, -0.1) is 0 Å². The lowest BCUT2D eigenvalue weighted by atomic mass is 10.1. The molecule has 0 fully saturated rings. The Kier molecular flexibility index (Phi) is 1.51. The summed E-state index contributed by atoms with van der Waals surface area (Å²) >= 11 is 0. The maximum atomic E-state index is 8.84. The predicted molar refractivity (Wildman–Crippen MR) is 57.4 cm³/mol. The first-order chi connectivity index (χ1) is 7.38. The first-order valence-electron chi connectivity index (χ1n) is 4.64. The molecule has 0 aliphatic rings. The number of hydrogen-bond donors (Lipinski definition) is 0. The van der Waals surface area contributed by atoms with Crippen molar-refractivity contribution in [3.05, 3.63) is 48.4 Å². The second kappa shape index (κ2) is 2.82. The molecule has 0 saturated carbocycles. The SMILES string of the molecule is N#Cc1ccc2ccn3ccnc3c2c1. The quantitative estimate of drug-likeness (QED) is 0.550. The molecule has 0 N–H and O–H groups in total. The lowest BCUT2D eigenvalue weighted by Gasteiger charge is -2.00. The van der Waals surface area contributed by atoms with Crippen LogP contribution in [-0.4, -0.2) is 9.38 Å². The van der Waals surface area contributed by atoms with E-state index in [4.69, 9.17) is 5.26 Å². The molecule has 0 aliphatic carbocycles. The van der Waals surface area contributed by atoms with Crippen LogP contribution >= 0.6 is 0 Å². The van der Waals surface area contributed by atoms with Gasteiger partial charge in [-0.3, -0.25) is 0 Å². The molecule has 3 aromatic rings. The molecule has 0 amide bonds. The molecule has 2 aromatic heterocycles. The van der Waals surface area contributed by atoms with Crippen molar-refractivity contribution >= 4 is 16.4 Å². The Bertz CT molecular complexity index is 689. The first kappa shape index (κ1) is 8.01. The van der Waals surface area contributed by atoms with Crippen LogP contribution < -0.4 is 0 Å². The van der Waals surface area contributed by atoms with E-state index in [1.54, 1.807) is 6.20 Å². The highest BCUT2D eigenvalue weighted by atomic mass is 15.0. The molecule has 3 nitrogen and oxygen atoms in total. The van der Waals surface area contributed by atoms with Gasteiger partial charge in [0.05, 0.1) is 11.6 Å². The van der Waals surface area contributed by atoms with Gasteiger partial charge < -0.3 is 4.40 Å². The Morgan fingerprint density at radius 2 is 2.13 bits per heavy atom. The Balaban J connectivity index is 2.54. The molecule has 2 heterocycles. The van der Waals surface area contributed by atoms with Crippen LogP contribution in [-0.2, 0) is 0 Å². The molecule has 0 unspecified atom stereocenters. The molecular weight excluding hydrogens is 186 g/mol. The van der Waals surface area contributed by atoms with E-state index in [1.165, 1.54) is 0 Å². The molecule has 3 rings (SSSR count). The number of fused-ring (bicyclic) bond motifs is 3. The zero-order valence-corrected chi connectivity index (χ0v) is 7.88. The third kappa shape index (κ3) is 1.09. The normalized spacial score (nSPS) is 10.6. The van der Waals surface area contributed by atoms with E-state index in [-0.39, 0.29) is 0 Å². The van der Waals surface area contributed by atoms with Crippen LogP contribution in [0.1, 0.15) is 5.56 Å². The van der Waals surface area contributed by atoms with Crippen molar-refractivity contribution in [1.82, 2.24) is 9.38 Å². The van der Waals surface area contributed by atoms with Crippen molar-refractivity contribution < 1.29 is 0 Å². The maximum absolute atomic E-state index is 8.84. The summed E-state index contributed by atoms with van der Waals surface area (Å²) in [5.74, 6) is 0. The van der Waals surface area contributed by atoms with Crippen LogP contribution in [0.2, 0.25) is 0 Å². The number of pyridine rings is 1. The fourth-order valence-corrected chi connectivity index (χ4v) is 1.77. The summed E-state index contributed by atoms with van der Waals surface area (Å²) < 4.78 is 1.95. The first-order valence-corrected chi connectivity index (χ1v) is 4.64. The van der Waals surface area contributed by atoms with Crippen LogP contribution in [0.3, 0.4) is 0 Å². The highest BCUT2D eigenvalue weighted by Gasteiger charge is 2.02. The van der Waals surface area contributed by atoms with Gasteiger partial charge in [-0.1, -0.05) is 6.07 Å². The third-order valence-electron chi connectivity index (χ3n) is 2.51. The van der Waals surface area contributed by atoms with Gasteiger partial charge in [0.1, 0.15) is 5.65 Å². The van der Waals surface area contributed by atoms with Gasteiger partial charge >= 0.3 is 0 Å². The summed E-state index contributed by atoms with van der Waals surface area (Å²) in [4.78, 5) is 4.28. The molecule has 0 atom stereocenters. The molecule has 70 valence electrons. The largest absolute Gasteiger partial charge is 0.307 e. The summed E-state index contributed by atoms with van der Waals surface area (Å²) in [6.07, 6.45) is 5.62. The number of aromatic nitrogens is 2. The molecule has 0 bridgehead atoms. The van der Waals surface area contributed by atoms with Crippen molar-refractivity contribution in [3.63, 3.8) is 0 Å². The van der Waals surface area contributed by atoms with Crippen molar-refractivity contribution in [2.75, 3.05) is 0 Å². The molecule has 0 aliphatic heterocycles. The second-order valence-electron chi connectivity index (χ2n) is 3.39. The van der Waals surface area contributed by atoms with Crippen LogP contribution in [0.25, 0.3) is 16.4 Å². The minimum Gasteiger partial charge on any atom is -0.307 e. The molecule has 15 heavy (non-hydrogen) atoms. The van der Waals surface area contributed by atoms with Crippen molar-refractivity contribution in [2.24, 2.45) is 0 Å². The van der Waals surface area contributed by atoms with E-state index in [0.717, 1.165) is 16.4 Å². The van der Waals surface area contributed by atoms with Gasteiger partial charge in [0.2, 0.25) is 0 Å². The Hall–Kier alpha value is -2.34. The predicted octanol–water partition coefficient (Wildman–Crippen LogP) is 2.36. The summed E-state index contributed by atoms with van der Waals surface area (Å²) in [6, 6.07) is 9.80. The van der Waals surface area contributed by atoms with Crippen molar-refractivity contribution in [3.8, 4) is 6.07 Å². The van der Waals surface area contributed by atoms with E-state index >= 15 is 0 Å². The number of nitriles is 1. The van der Waals surface area contributed by atoms with E-state index in [0.29, 0.717) is 5.56 Å². The van der Waals surface area contributed by atoms with Crippen LogP contribution in [0.5, 0.6) is 0 Å². The van der Waals surface area contributed by atoms with Gasteiger partial charge in [-0.05, 0) is 23.6 Å². The van der Waals surface area contributed by atoms with Gasteiger partial charge in [0.15, 0.2) is 0 Å². The Morgan fingerprint density at radius 1 is 1.20 bits per heavy atom. The van der Waals surface area contributed by atoms with Gasteiger partial charge in [0.25, 0.3) is 0 Å². The monoisotopic (exact) mass is 193 g/mol. The van der Waals surface area contributed by atoms with Crippen LogP contribution in [0.4, 0.5) is 0 Å². The fraction of sp³-hybridized carbons (Fsp3) is 0. The van der Waals surface area contributed by atoms with Crippen LogP contribution in [0.15, 0.2) is 42.9 Å². The minimum atomic E-state index is 0.665. The topological polar surface area (TPSA) is 41.1 Å². The van der Waals surface area contributed by atoms with E-state index in [1.807, 2.05) is 41.1 Å². The Morgan fingerprint density at radius 3 is 3.00 bits per heavy atom. The van der Waals surface area contributed by atoms with E-state index < -0.39 is 0 Å². The van der Waals surface area contributed by atoms with Crippen LogP contribution in [0, 0.1) is 11.3 Å². The smallest absolute Gasteiger partial charge is 0.144 e. The summed E-state index contributed by atoms with van der Waals surface area (Å²) in [7, 11) is 0. The molecule has 0 saturated heterocycles. The van der Waals surface area contributed by atoms with E-state index in [2.05, 4.69) is 11.1 Å². The molecule has 1 aromatic carbocycles. The standard InChI is InChI=1S/C12H7N3/c13-8-9-1-2-10-3-5-15-6-4-14-12(15)11(10)7-9/h1-7H.